The van der Waals surface area contributed by atoms with Gasteiger partial charge in [0, 0.05) is 43.6 Å². The molecule has 0 spiro atoms. The monoisotopic (exact) mass is 391 g/mol. The van der Waals surface area contributed by atoms with Gasteiger partial charge in [0.1, 0.15) is 5.82 Å². The number of anilines is 1. The van der Waals surface area contributed by atoms with E-state index in [4.69, 9.17) is 4.98 Å². The zero-order valence-electron chi connectivity index (χ0n) is 17.4. The molecule has 0 amide bonds. The number of rotatable bonds is 3. The molecule has 1 aliphatic carbocycles. The molecule has 152 valence electrons. The average Bonchev–Trinajstić information content (AvgIpc) is 3.28. The standard InChI is InChI=1S/C22H29N7/c1-15-9-10-17-16(14-15)19(18-8-4-7-11-28(18)2)20(21-24-26-27-25-21)22(23-17)29-12-5-3-6-13-29/h4,7-8,15H,3,5-6,9-14H2,1-2H3,(H,24,25,26,27). The molecule has 0 radical (unpaired) electrons. The Kier molecular flexibility index (Phi) is 4.81. The average molecular weight is 392 g/mol. The van der Waals surface area contributed by atoms with Crippen LogP contribution in [0, 0.1) is 5.92 Å². The summed E-state index contributed by atoms with van der Waals surface area (Å²) in [6.45, 7) is 5.34. The largest absolute Gasteiger partial charge is 0.370 e. The number of H-pyrrole nitrogens is 1. The van der Waals surface area contributed by atoms with Crippen molar-refractivity contribution in [1.82, 2.24) is 30.5 Å². The number of pyridine rings is 1. The number of tetrazole rings is 1. The lowest BCUT2D eigenvalue weighted by Crippen LogP contribution is -2.32. The van der Waals surface area contributed by atoms with Gasteiger partial charge in [-0.3, -0.25) is 0 Å². The van der Waals surface area contributed by atoms with E-state index in [1.165, 1.54) is 48.2 Å². The van der Waals surface area contributed by atoms with E-state index in [2.05, 4.69) is 62.6 Å². The van der Waals surface area contributed by atoms with Gasteiger partial charge in [-0.2, -0.15) is 5.21 Å². The number of aromatic amines is 1. The lowest BCUT2D eigenvalue weighted by atomic mass is 9.82. The van der Waals surface area contributed by atoms with Crippen LogP contribution in [0.2, 0.25) is 0 Å². The summed E-state index contributed by atoms with van der Waals surface area (Å²) in [5.41, 5.74) is 6.17. The molecule has 1 saturated heterocycles. The highest BCUT2D eigenvalue weighted by Gasteiger charge is 2.32. The van der Waals surface area contributed by atoms with Crippen LogP contribution in [-0.2, 0) is 12.8 Å². The third-order valence-corrected chi connectivity index (χ3v) is 6.45. The fourth-order valence-electron chi connectivity index (χ4n) is 4.89. The molecule has 0 aromatic carbocycles. The SMILES string of the molecule is CC1CCc2nc(N3CCCCC3)c(-c3nn[nH]n3)c(C3=CC=CCN3C)c2C1. The molecule has 2 aromatic heterocycles. The van der Waals surface area contributed by atoms with E-state index < -0.39 is 0 Å². The van der Waals surface area contributed by atoms with Crippen molar-refractivity contribution in [2.75, 3.05) is 31.6 Å². The molecule has 2 aromatic rings. The maximum atomic E-state index is 5.25. The third kappa shape index (κ3) is 3.32. The highest BCUT2D eigenvalue weighted by atomic mass is 15.5. The molecular weight excluding hydrogens is 362 g/mol. The van der Waals surface area contributed by atoms with Gasteiger partial charge < -0.3 is 9.80 Å². The normalized spacial score (nSPS) is 21.9. The van der Waals surface area contributed by atoms with E-state index in [0.717, 1.165) is 43.9 Å². The smallest absolute Gasteiger partial charge is 0.209 e. The fourth-order valence-corrected chi connectivity index (χ4v) is 4.89. The minimum absolute atomic E-state index is 0.651. The number of aromatic nitrogens is 5. The van der Waals surface area contributed by atoms with Crippen LogP contribution in [0.25, 0.3) is 17.1 Å². The van der Waals surface area contributed by atoms with Crippen molar-refractivity contribution in [2.24, 2.45) is 5.92 Å². The Hall–Kier alpha value is -2.70. The van der Waals surface area contributed by atoms with Crippen LogP contribution in [0.15, 0.2) is 18.2 Å². The first-order valence-electron chi connectivity index (χ1n) is 10.8. The number of aryl methyl sites for hydroxylation is 1. The summed E-state index contributed by atoms with van der Waals surface area (Å²) >= 11 is 0. The molecule has 0 saturated carbocycles. The molecule has 5 rings (SSSR count). The van der Waals surface area contributed by atoms with E-state index in [1.807, 2.05) is 0 Å². The van der Waals surface area contributed by atoms with Gasteiger partial charge in [0.05, 0.1) is 5.56 Å². The van der Waals surface area contributed by atoms with Crippen molar-refractivity contribution in [2.45, 2.75) is 45.4 Å². The minimum Gasteiger partial charge on any atom is -0.370 e. The number of fused-ring (bicyclic) bond motifs is 1. The zero-order chi connectivity index (χ0) is 19.8. The van der Waals surface area contributed by atoms with Crippen LogP contribution < -0.4 is 4.90 Å². The van der Waals surface area contributed by atoms with Crippen LogP contribution in [0.1, 0.15) is 49.4 Å². The minimum atomic E-state index is 0.651. The second-order valence-electron chi connectivity index (χ2n) is 8.60. The predicted molar refractivity (Wildman–Crippen MR) is 114 cm³/mol. The number of likely N-dealkylation sites (N-methyl/N-ethyl adjacent to an activating group) is 1. The summed E-state index contributed by atoms with van der Waals surface area (Å²) in [6.07, 6.45) is 13.6. The van der Waals surface area contributed by atoms with Gasteiger partial charge in [-0.05, 0) is 61.3 Å². The van der Waals surface area contributed by atoms with Gasteiger partial charge in [0.2, 0.25) is 5.82 Å². The van der Waals surface area contributed by atoms with Crippen LogP contribution in [-0.4, -0.2) is 57.2 Å². The molecule has 3 aliphatic rings. The van der Waals surface area contributed by atoms with E-state index in [1.54, 1.807) is 0 Å². The number of piperidine rings is 1. The molecule has 4 heterocycles. The topological polar surface area (TPSA) is 73.8 Å². The number of allylic oxidation sites excluding steroid dienone is 2. The van der Waals surface area contributed by atoms with E-state index >= 15 is 0 Å². The number of nitrogens with one attached hydrogen (secondary N) is 1. The molecule has 1 N–H and O–H groups in total. The third-order valence-electron chi connectivity index (χ3n) is 6.45. The van der Waals surface area contributed by atoms with Gasteiger partial charge in [-0.15, -0.1) is 10.2 Å². The molecule has 1 fully saturated rings. The Morgan fingerprint density at radius 2 is 2.00 bits per heavy atom. The van der Waals surface area contributed by atoms with E-state index in [0.29, 0.717) is 11.7 Å². The van der Waals surface area contributed by atoms with Crippen LogP contribution in [0.4, 0.5) is 5.82 Å². The Bertz CT molecular complexity index is 939. The molecular formula is C22H29N7. The Morgan fingerprint density at radius 3 is 2.76 bits per heavy atom. The zero-order valence-corrected chi connectivity index (χ0v) is 17.4. The molecule has 7 nitrogen and oxygen atoms in total. The van der Waals surface area contributed by atoms with Crippen molar-refractivity contribution >= 4 is 11.5 Å². The van der Waals surface area contributed by atoms with Crippen LogP contribution in [0.5, 0.6) is 0 Å². The first-order valence-corrected chi connectivity index (χ1v) is 10.8. The summed E-state index contributed by atoms with van der Waals surface area (Å²) in [6, 6.07) is 0. The Balaban J connectivity index is 1.79. The molecule has 1 unspecified atom stereocenters. The maximum absolute atomic E-state index is 5.25. The van der Waals surface area contributed by atoms with Crippen LogP contribution >= 0.6 is 0 Å². The van der Waals surface area contributed by atoms with Crippen molar-refractivity contribution in [1.29, 1.82) is 0 Å². The number of nitrogens with zero attached hydrogens (tertiary/aromatic N) is 6. The second kappa shape index (κ2) is 7.61. The maximum Gasteiger partial charge on any atom is 0.209 e. The van der Waals surface area contributed by atoms with Gasteiger partial charge in [0.15, 0.2) is 0 Å². The van der Waals surface area contributed by atoms with Crippen molar-refractivity contribution in [3.05, 3.63) is 35.0 Å². The molecule has 1 atom stereocenters. The van der Waals surface area contributed by atoms with Crippen molar-refractivity contribution in [3.63, 3.8) is 0 Å². The van der Waals surface area contributed by atoms with Gasteiger partial charge in [0.25, 0.3) is 0 Å². The summed E-state index contributed by atoms with van der Waals surface area (Å²) < 4.78 is 0. The quantitative estimate of drug-likeness (QED) is 0.866. The molecule has 0 bridgehead atoms. The molecule has 29 heavy (non-hydrogen) atoms. The summed E-state index contributed by atoms with van der Waals surface area (Å²) in [5, 5.41) is 15.4. The number of hydrogen-bond acceptors (Lipinski definition) is 6. The fraction of sp³-hybridized carbons (Fsp3) is 0.545. The Morgan fingerprint density at radius 1 is 1.14 bits per heavy atom. The van der Waals surface area contributed by atoms with E-state index in [-0.39, 0.29) is 0 Å². The number of hydrogen-bond donors (Lipinski definition) is 1. The van der Waals surface area contributed by atoms with Gasteiger partial charge in [-0.1, -0.05) is 19.1 Å². The predicted octanol–water partition coefficient (Wildman–Crippen LogP) is 3.22. The van der Waals surface area contributed by atoms with Gasteiger partial charge in [-0.25, -0.2) is 4.98 Å². The summed E-state index contributed by atoms with van der Waals surface area (Å²) in [4.78, 5) is 10.0. The highest BCUT2D eigenvalue weighted by Crippen LogP contribution is 2.42. The Labute approximate surface area is 171 Å². The van der Waals surface area contributed by atoms with E-state index in [9.17, 15) is 0 Å². The van der Waals surface area contributed by atoms with Crippen molar-refractivity contribution in [3.8, 4) is 11.4 Å². The first kappa shape index (κ1) is 18.3. The van der Waals surface area contributed by atoms with Gasteiger partial charge >= 0.3 is 0 Å². The summed E-state index contributed by atoms with van der Waals surface area (Å²) in [7, 11) is 2.16. The first-order chi connectivity index (χ1) is 14.2. The van der Waals surface area contributed by atoms with Crippen LogP contribution in [0.3, 0.4) is 0 Å². The lowest BCUT2D eigenvalue weighted by molar-refractivity contribution is 0.487. The molecule has 2 aliphatic heterocycles. The molecule has 7 heteroatoms. The van der Waals surface area contributed by atoms with Crippen molar-refractivity contribution < 1.29 is 0 Å². The second-order valence-corrected chi connectivity index (χ2v) is 8.60. The summed E-state index contributed by atoms with van der Waals surface area (Å²) in [5.74, 6) is 2.35. The lowest BCUT2D eigenvalue weighted by Gasteiger charge is -2.35. The highest BCUT2D eigenvalue weighted by molar-refractivity contribution is 5.88.